The van der Waals surface area contributed by atoms with Gasteiger partial charge in [-0.1, -0.05) is 36.9 Å². The summed E-state index contributed by atoms with van der Waals surface area (Å²) in [4.78, 5) is 11.9. The number of halogens is 2. The summed E-state index contributed by atoms with van der Waals surface area (Å²) in [6, 6.07) is 5.55. The van der Waals surface area contributed by atoms with Crippen LogP contribution in [0.5, 0.6) is 0 Å². The Kier molecular flexibility index (Phi) is 8.09. The maximum absolute atomic E-state index is 11.9. The quantitative estimate of drug-likeness (QED) is 0.850. The van der Waals surface area contributed by atoms with E-state index in [1.165, 1.54) is 32.1 Å². The molecule has 0 radical (unpaired) electrons. The van der Waals surface area contributed by atoms with Gasteiger partial charge >= 0.3 is 0 Å². The van der Waals surface area contributed by atoms with Crippen LogP contribution in [0.15, 0.2) is 18.2 Å². The Bertz CT molecular complexity index is 460. The van der Waals surface area contributed by atoms with Crippen molar-refractivity contribution < 1.29 is 4.79 Å². The molecule has 0 bridgehead atoms. The van der Waals surface area contributed by atoms with Gasteiger partial charge in [0, 0.05) is 10.7 Å². The summed E-state index contributed by atoms with van der Waals surface area (Å²) in [6.45, 7) is 3.22. The molecule has 0 aromatic heterocycles. The summed E-state index contributed by atoms with van der Waals surface area (Å²) < 4.78 is 0. The van der Waals surface area contributed by atoms with Crippen molar-refractivity contribution in [3.05, 3.63) is 28.8 Å². The molecule has 1 fully saturated rings. The van der Waals surface area contributed by atoms with E-state index in [1.54, 1.807) is 0 Å². The number of amides is 1. The molecule has 1 saturated carbocycles. The van der Waals surface area contributed by atoms with E-state index in [2.05, 4.69) is 10.6 Å². The van der Waals surface area contributed by atoms with Crippen LogP contribution in [0.2, 0.25) is 5.02 Å². The Morgan fingerprint density at radius 2 is 2.00 bits per heavy atom. The summed E-state index contributed by atoms with van der Waals surface area (Å²) in [6.07, 6.45) is 6.62. The van der Waals surface area contributed by atoms with Gasteiger partial charge in [0.1, 0.15) is 0 Å². The molecule has 5 heteroatoms. The molecule has 3 nitrogen and oxygen atoms in total. The van der Waals surface area contributed by atoms with Gasteiger partial charge in [-0.05, 0) is 49.9 Å². The zero-order chi connectivity index (χ0) is 14.4. The SMILES string of the molecule is Cc1c(Cl)cccc1NC(=O)CNCC1CCCCC1.Cl. The highest BCUT2D eigenvalue weighted by atomic mass is 35.5. The Morgan fingerprint density at radius 3 is 2.71 bits per heavy atom. The average molecular weight is 331 g/mol. The fourth-order valence-corrected chi connectivity index (χ4v) is 2.89. The van der Waals surface area contributed by atoms with Gasteiger partial charge in [0.15, 0.2) is 0 Å². The minimum Gasteiger partial charge on any atom is -0.325 e. The maximum Gasteiger partial charge on any atom is 0.238 e. The largest absolute Gasteiger partial charge is 0.325 e. The van der Waals surface area contributed by atoms with Gasteiger partial charge in [-0.25, -0.2) is 0 Å². The Labute approximate surface area is 138 Å². The van der Waals surface area contributed by atoms with Gasteiger partial charge in [-0.3, -0.25) is 4.79 Å². The van der Waals surface area contributed by atoms with Crippen molar-refractivity contribution in [2.45, 2.75) is 39.0 Å². The number of carbonyl (C=O) groups is 1. The number of anilines is 1. The highest BCUT2D eigenvalue weighted by Crippen LogP contribution is 2.23. The zero-order valence-electron chi connectivity index (χ0n) is 12.5. The van der Waals surface area contributed by atoms with Crippen LogP contribution in [0.25, 0.3) is 0 Å². The highest BCUT2D eigenvalue weighted by Gasteiger charge is 2.13. The van der Waals surface area contributed by atoms with Crippen LogP contribution in [0.1, 0.15) is 37.7 Å². The lowest BCUT2D eigenvalue weighted by Gasteiger charge is -2.21. The van der Waals surface area contributed by atoms with Crippen molar-refractivity contribution in [1.82, 2.24) is 5.32 Å². The van der Waals surface area contributed by atoms with Gasteiger partial charge in [0.25, 0.3) is 0 Å². The first-order valence-electron chi connectivity index (χ1n) is 7.42. The predicted octanol–water partition coefficient (Wildman–Crippen LogP) is 4.18. The lowest BCUT2D eigenvalue weighted by molar-refractivity contribution is -0.115. The smallest absolute Gasteiger partial charge is 0.238 e. The molecule has 1 aromatic rings. The van der Waals surface area contributed by atoms with Crippen LogP contribution in [0, 0.1) is 12.8 Å². The van der Waals surface area contributed by atoms with Gasteiger partial charge in [0.05, 0.1) is 6.54 Å². The molecule has 1 aliphatic carbocycles. The molecule has 0 unspecified atom stereocenters. The molecule has 0 atom stereocenters. The molecule has 0 saturated heterocycles. The Balaban J connectivity index is 0.00000220. The van der Waals surface area contributed by atoms with Gasteiger partial charge < -0.3 is 10.6 Å². The van der Waals surface area contributed by atoms with Gasteiger partial charge in [-0.15, -0.1) is 12.4 Å². The number of hydrogen-bond donors (Lipinski definition) is 2. The first-order chi connectivity index (χ1) is 9.66. The molecule has 118 valence electrons. The number of nitrogens with one attached hydrogen (secondary N) is 2. The molecule has 0 aliphatic heterocycles. The van der Waals surface area contributed by atoms with Gasteiger partial charge in [-0.2, -0.15) is 0 Å². The van der Waals surface area contributed by atoms with E-state index in [-0.39, 0.29) is 18.3 Å². The van der Waals surface area contributed by atoms with Crippen LogP contribution in [0.3, 0.4) is 0 Å². The molecule has 2 N–H and O–H groups in total. The van der Waals surface area contributed by atoms with E-state index in [9.17, 15) is 4.79 Å². The molecule has 1 amide bonds. The van der Waals surface area contributed by atoms with E-state index in [1.807, 2.05) is 25.1 Å². The average Bonchev–Trinajstić information content (AvgIpc) is 2.45. The van der Waals surface area contributed by atoms with Crippen LogP contribution in [-0.2, 0) is 4.79 Å². The van der Waals surface area contributed by atoms with Crippen molar-refractivity contribution in [3.8, 4) is 0 Å². The second-order valence-corrected chi connectivity index (χ2v) is 6.00. The van der Waals surface area contributed by atoms with Crippen molar-refractivity contribution in [2.75, 3.05) is 18.4 Å². The van der Waals surface area contributed by atoms with Crippen LogP contribution in [-0.4, -0.2) is 19.0 Å². The van der Waals surface area contributed by atoms with Crippen molar-refractivity contribution >= 4 is 35.6 Å². The molecule has 21 heavy (non-hydrogen) atoms. The van der Waals surface area contributed by atoms with E-state index in [0.29, 0.717) is 11.6 Å². The minimum absolute atomic E-state index is 0. The number of rotatable bonds is 5. The number of carbonyl (C=O) groups excluding carboxylic acids is 1. The monoisotopic (exact) mass is 330 g/mol. The summed E-state index contributed by atoms with van der Waals surface area (Å²) >= 11 is 6.04. The van der Waals surface area contributed by atoms with E-state index >= 15 is 0 Å². The fourth-order valence-electron chi connectivity index (χ4n) is 2.72. The molecule has 1 aliphatic rings. The van der Waals surface area contributed by atoms with E-state index < -0.39 is 0 Å². The zero-order valence-corrected chi connectivity index (χ0v) is 14.0. The minimum atomic E-state index is -0.00817. The number of hydrogen-bond acceptors (Lipinski definition) is 2. The molecular weight excluding hydrogens is 307 g/mol. The summed E-state index contributed by atoms with van der Waals surface area (Å²) in [5, 5.41) is 6.85. The second kappa shape index (κ2) is 9.29. The highest BCUT2D eigenvalue weighted by molar-refractivity contribution is 6.31. The van der Waals surface area contributed by atoms with Crippen LogP contribution in [0.4, 0.5) is 5.69 Å². The summed E-state index contributed by atoms with van der Waals surface area (Å²) in [5.41, 5.74) is 1.71. The maximum atomic E-state index is 11.9. The molecule has 0 heterocycles. The summed E-state index contributed by atoms with van der Waals surface area (Å²) in [7, 11) is 0. The van der Waals surface area contributed by atoms with Crippen LogP contribution < -0.4 is 10.6 Å². The topological polar surface area (TPSA) is 41.1 Å². The third-order valence-electron chi connectivity index (χ3n) is 3.99. The predicted molar refractivity (Wildman–Crippen MR) is 91.5 cm³/mol. The number of benzene rings is 1. The molecule has 0 spiro atoms. The van der Waals surface area contributed by atoms with E-state index in [4.69, 9.17) is 11.6 Å². The standard InChI is InChI=1S/C16H23ClN2O.ClH/c1-12-14(17)8-5-9-15(12)19-16(20)11-18-10-13-6-3-2-4-7-13;/h5,8-9,13,18H,2-4,6-7,10-11H2,1H3,(H,19,20);1H. The lowest BCUT2D eigenvalue weighted by Crippen LogP contribution is -2.32. The van der Waals surface area contributed by atoms with Crippen molar-refractivity contribution in [3.63, 3.8) is 0 Å². The lowest BCUT2D eigenvalue weighted by atomic mass is 9.89. The first kappa shape index (κ1) is 18.3. The molecule has 2 rings (SSSR count). The van der Waals surface area contributed by atoms with Gasteiger partial charge in [0.2, 0.25) is 5.91 Å². The van der Waals surface area contributed by atoms with E-state index in [0.717, 1.165) is 23.7 Å². The fraction of sp³-hybridized carbons (Fsp3) is 0.562. The Morgan fingerprint density at radius 1 is 1.29 bits per heavy atom. The molecule has 1 aromatic carbocycles. The second-order valence-electron chi connectivity index (χ2n) is 5.60. The first-order valence-corrected chi connectivity index (χ1v) is 7.80. The normalized spacial score (nSPS) is 15.3. The van der Waals surface area contributed by atoms with Crippen molar-refractivity contribution in [2.24, 2.45) is 5.92 Å². The third-order valence-corrected chi connectivity index (χ3v) is 4.39. The Hall–Kier alpha value is -0.770. The third kappa shape index (κ3) is 5.85. The molecular formula is C16H24Cl2N2O. The van der Waals surface area contributed by atoms with Crippen LogP contribution >= 0.6 is 24.0 Å². The summed E-state index contributed by atoms with van der Waals surface area (Å²) in [5.74, 6) is 0.732. The van der Waals surface area contributed by atoms with Crippen molar-refractivity contribution in [1.29, 1.82) is 0 Å².